The number of H-pyrrole nitrogens is 2. The van der Waals surface area contributed by atoms with Gasteiger partial charge in [-0.3, -0.25) is 28.7 Å². The summed E-state index contributed by atoms with van der Waals surface area (Å²) in [6.45, 7) is 4.39. The maximum absolute atomic E-state index is 13.1. The van der Waals surface area contributed by atoms with Crippen molar-refractivity contribution >= 4 is 51.3 Å². The van der Waals surface area contributed by atoms with Crippen LogP contribution in [0.5, 0.6) is 0 Å². The summed E-state index contributed by atoms with van der Waals surface area (Å²) in [6, 6.07) is 21.1. The summed E-state index contributed by atoms with van der Waals surface area (Å²) in [4.78, 5) is 46.9. The molecule has 6 aromatic rings. The van der Waals surface area contributed by atoms with Crippen LogP contribution in [0.15, 0.2) is 82.9 Å². The first-order chi connectivity index (χ1) is 37.1. The highest BCUT2D eigenvalue weighted by molar-refractivity contribution is 7.45. The third-order valence-corrected chi connectivity index (χ3v) is 19.1. The zero-order valence-electron chi connectivity index (χ0n) is 42.4. The maximum atomic E-state index is 13.1. The second-order valence-corrected chi connectivity index (χ2v) is 22.4. The van der Waals surface area contributed by atoms with Crippen LogP contribution in [0, 0.1) is 0 Å². The van der Waals surface area contributed by atoms with Gasteiger partial charge in [0.05, 0.1) is 25.9 Å². The minimum atomic E-state index is -1.34. The van der Waals surface area contributed by atoms with Crippen LogP contribution in [0.25, 0.3) is 22.3 Å². The number of aromatic nitrogens is 8. The largest absolute Gasteiger partial charge is 0.368 e. The summed E-state index contributed by atoms with van der Waals surface area (Å²) in [5.41, 5.74) is 0.281. The summed E-state index contributed by atoms with van der Waals surface area (Å²) < 4.78 is 102. The normalized spacial score (nSPS) is 35.4. The van der Waals surface area contributed by atoms with Crippen LogP contribution in [0.1, 0.15) is 88.2 Å². The Morgan fingerprint density at radius 2 is 1.14 bits per heavy atom. The van der Waals surface area contributed by atoms with Crippen LogP contribution < -0.4 is 21.7 Å². The number of fused-ring (bicyclic) bond motifs is 8. The molecular weight excluding hydrogens is 1000 g/mol. The first-order valence-corrected chi connectivity index (χ1v) is 27.4. The number of rotatable bonds is 14. The standard InChI is InChI=1S/2C24H28FN6O5P/c2*1-2-24-11-33-18(22(34-24)30-13-27-16-20(30)28-23(26-12-25)29-21(16)32)19(24)36-37-31-10-6-9-15(31)17(35-37)14-7-4-3-5-8-14/h2*3-5,7-8,13,15,17-19,22H,2,6,9-12H2,1H3,(H2,26,28,29,32)/t15-,17+,18?,19+,22+,24-,37+;15-,17+,18?,19-,22-,24+,37+/m01/s1/i/hD2. The van der Waals surface area contributed by atoms with Gasteiger partial charge in [-0.15, -0.1) is 0 Å². The van der Waals surface area contributed by atoms with Gasteiger partial charge in [0.25, 0.3) is 28.2 Å². The van der Waals surface area contributed by atoms with E-state index >= 15 is 0 Å². The van der Waals surface area contributed by atoms with E-state index < -0.39 is 89.8 Å². The van der Waals surface area contributed by atoms with Gasteiger partial charge >= 0.3 is 0 Å². The van der Waals surface area contributed by atoms with Gasteiger partial charge in [0.2, 0.25) is 11.9 Å². The predicted octanol–water partition coefficient (Wildman–Crippen LogP) is 6.77. The van der Waals surface area contributed by atoms with Crippen molar-refractivity contribution in [2.75, 3.05) is 50.5 Å². The smallest absolute Gasteiger partial charge is 0.280 e. The number of hydrogen-bond acceptors (Lipinski definition) is 18. The Labute approximate surface area is 427 Å². The van der Waals surface area contributed by atoms with E-state index in [1.165, 1.54) is 12.7 Å². The lowest BCUT2D eigenvalue weighted by molar-refractivity contribution is -0.172. The zero-order chi connectivity index (χ0) is 52.0. The van der Waals surface area contributed by atoms with Gasteiger partial charge < -0.3 is 47.7 Å². The first-order valence-electron chi connectivity index (χ1n) is 26.0. The summed E-state index contributed by atoms with van der Waals surface area (Å²) in [5.74, 6) is -0.438. The molecule has 0 amide bonds. The lowest BCUT2D eigenvalue weighted by Crippen LogP contribution is -2.41. The fourth-order valence-electron chi connectivity index (χ4n) is 11.9. The lowest BCUT2D eigenvalue weighted by Gasteiger charge is -2.31. The third-order valence-electron chi connectivity index (χ3n) is 15.7. The van der Waals surface area contributed by atoms with E-state index in [-0.39, 0.29) is 58.5 Å². The van der Waals surface area contributed by atoms with Crippen molar-refractivity contribution in [3.05, 3.63) is 105 Å². The molecular formula is C48H56F2N12O10P2. The fourth-order valence-corrected chi connectivity index (χ4v) is 16.0. The third kappa shape index (κ3) is 8.02. The number of anilines is 2. The molecule has 4 N–H and O–H groups in total. The number of alkyl halides is 2. The van der Waals surface area contributed by atoms with E-state index in [0.29, 0.717) is 36.7 Å². The van der Waals surface area contributed by atoms with Crippen LogP contribution in [0.4, 0.5) is 20.7 Å². The molecule has 4 aromatic heterocycles. The maximum Gasteiger partial charge on any atom is 0.280 e. The molecule has 14 atom stereocenters. The SMILES string of the molecule is [2H]N(CF)c1nc2c(ncn2[C@@H]2O[C@@]3(CC)COC2[C@H]3O[P@@]2O[C@H](c3ccccc3)[C@@H]3CCCN32)c(=O)[nH]1.[2H]N(CF)c1nc2c(ncn2[C@@H]2O[C@@]3(CC)COC2[C@H]3O[P@]2O[C@@H](c3ccccc3)[C@H]3CCCN32)c(=O)[nH]1. The number of aromatic amines is 2. The Balaban J connectivity index is 0.000000146. The zero-order valence-corrected chi connectivity index (χ0v) is 42.2. The Kier molecular flexibility index (Phi) is 12.3. The molecule has 2 aromatic carbocycles. The van der Waals surface area contributed by atoms with Gasteiger partial charge in [0.1, 0.15) is 47.8 Å². The van der Waals surface area contributed by atoms with E-state index in [4.69, 9.17) is 39.9 Å². The minimum Gasteiger partial charge on any atom is -0.368 e. The lowest BCUT2D eigenvalue weighted by atomic mass is 9.96. The van der Waals surface area contributed by atoms with E-state index in [1.807, 2.05) is 50.2 Å². The Morgan fingerprint density at radius 1 is 0.703 bits per heavy atom. The molecule has 2 unspecified atom stereocenters. The monoisotopic (exact) mass is 1060 g/mol. The van der Waals surface area contributed by atoms with Crippen LogP contribution in [0.3, 0.4) is 0 Å². The number of imidazole rings is 2. The van der Waals surface area contributed by atoms with Crippen molar-refractivity contribution < 1.29 is 48.6 Å². The van der Waals surface area contributed by atoms with E-state index in [1.54, 1.807) is 9.13 Å². The second-order valence-electron chi connectivity index (χ2n) is 19.5. The summed E-state index contributed by atoms with van der Waals surface area (Å²) in [5, 5.41) is 0.927. The number of halogens is 2. The summed E-state index contributed by atoms with van der Waals surface area (Å²) in [7, 11) is -2.68. The van der Waals surface area contributed by atoms with Crippen molar-refractivity contribution in [1.82, 2.24) is 48.4 Å². The van der Waals surface area contributed by atoms with Crippen LogP contribution >= 0.6 is 17.1 Å². The Hall–Kier alpha value is -4.94. The molecule has 8 fully saturated rings. The van der Waals surface area contributed by atoms with Gasteiger partial charge in [0.15, 0.2) is 51.2 Å². The van der Waals surface area contributed by atoms with Gasteiger partial charge in [-0.25, -0.2) is 28.1 Å². The van der Waals surface area contributed by atoms with Crippen LogP contribution in [0.2, 0.25) is 2.82 Å². The van der Waals surface area contributed by atoms with Crippen LogP contribution in [-0.2, 0) is 37.0 Å². The average molecular weight is 1060 g/mol. The molecule has 12 heterocycles. The van der Waals surface area contributed by atoms with E-state index in [0.717, 1.165) is 49.9 Å². The number of nitrogens with zero attached hydrogens (tertiary/aromatic N) is 8. The average Bonchev–Trinajstić information content (AvgIpc) is 4.48. The van der Waals surface area contributed by atoms with Crippen molar-refractivity contribution in [1.29, 1.82) is 0 Å². The predicted molar refractivity (Wildman–Crippen MR) is 265 cm³/mol. The highest BCUT2D eigenvalue weighted by Crippen LogP contribution is 2.65. The van der Waals surface area contributed by atoms with E-state index in [9.17, 15) is 18.4 Å². The number of hydrogen-bond donors (Lipinski definition) is 4. The van der Waals surface area contributed by atoms with Gasteiger partial charge in [-0.2, -0.15) is 9.97 Å². The quantitative estimate of drug-likeness (QED) is 0.0652. The molecule has 0 spiro atoms. The molecule has 74 heavy (non-hydrogen) atoms. The molecule has 22 nitrogen and oxygen atoms in total. The molecule has 8 aliphatic rings. The number of benzene rings is 2. The fraction of sp³-hybridized carbons (Fsp3) is 0.542. The molecule has 0 saturated carbocycles. The van der Waals surface area contributed by atoms with Gasteiger partial charge in [-0.05, 0) is 49.7 Å². The highest BCUT2D eigenvalue weighted by Gasteiger charge is 2.66. The summed E-state index contributed by atoms with van der Waals surface area (Å²) >= 11 is 0. The van der Waals surface area contributed by atoms with Crippen molar-refractivity contribution in [3.63, 3.8) is 0 Å². The first kappa shape index (κ1) is 46.4. The molecule has 0 aliphatic carbocycles. The minimum absolute atomic E-state index is 0.0469. The van der Waals surface area contributed by atoms with Crippen molar-refractivity contribution in [2.45, 2.75) is 125 Å². The second kappa shape index (κ2) is 19.6. The molecule has 0 radical (unpaired) electrons. The molecule has 8 saturated heterocycles. The Bertz CT molecular complexity index is 3000. The number of ether oxygens (including phenoxy) is 4. The van der Waals surface area contributed by atoms with Crippen LogP contribution in [-0.4, -0.2) is 136 Å². The Morgan fingerprint density at radius 3 is 1.54 bits per heavy atom. The van der Waals surface area contributed by atoms with Crippen molar-refractivity contribution in [2.24, 2.45) is 0 Å². The van der Waals surface area contributed by atoms with Gasteiger partial charge in [-0.1, -0.05) is 74.5 Å². The van der Waals surface area contributed by atoms with E-state index in [2.05, 4.69) is 63.5 Å². The van der Waals surface area contributed by atoms with Gasteiger partial charge in [0, 0.05) is 25.2 Å². The van der Waals surface area contributed by atoms with Crippen molar-refractivity contribution in [3.8, 4) is 0 Å². The number of nitrogens with one attached hydrogen (secondary N) is 4. The molecule has 4 bridgehead atoms. The molecule has 392 valence electrons. The molecule has 8 aliphatic heterocycles. The molecule has 26 heteroatoms. The topological polar surface area (TPSA) is 232 Å². The summed E-state index contributed by atoms with van der Waals surface area (Å²) in [6.07, 6.45) is 5.31. The highest BCUT2D eigenvalue weighted by atomic mass is 31.2. The molecule has 14 rings (SSSR count).